The molecule has 19 heavy (non-hydrogen) atoms. The van der Waals surface area contributed by atoms with Crippen LogP contribution in [0, 0.1) is 12.8 Å². The number of rotatable bonds is 2. The molecule has 4 heteroatoms. The number of benzene rings is 1. The fourth-order valence-electron chi connectivity index (χ4n) is 2.98. The molecule has 0 aliphatic heterocycles. The molecule has 3 rings (SSSR count). The van der Waals surface area contributed by atoms with Crippen molar-refractivity contribution in [2.45, 2.75) is 38.5 Å². The van der Waals surface area contributed by atoms with E-state index in [4.69, 9.17) is 9.52 Å². The fourth-order valence-corrected chi connectivity index (χ4v) is 2.98. The van der Waals surface area contributed by atoms with Crippen molar-refractivity contribution in [2.75, 3.05) is 0 Å². The Balaban J connectivity index is 1.79. The van der Waals surface area contributed by atoms with Crippen molar-refractivity contribution in [3.05, 3.63) is 29.7 Å². The summed E-state index contributed by atoms with van der Waals surface area (Å²) in [4.78, 5) is 15.2. The summed E-state index contributed by atoms with van der Waals surface area (Å²) in [6.45, 7) is 1.84. The predicted octanol–water partition coefficient (Wildman–Crippen LogP) is 3.49. The number of hydrogen-bond acceptors (Lipinski definition) is 3. The Morgan fingerprint density at radius 1 is 1.32 bits per heavy atom. The lowest BCUT2D eigenvalue weighted by Crippen LogP contribution is -2.20. The maximum absolute atomic E-state index is 11.0. The van der Waals surface area contributed by atoms with Crippen LogP contribution in [-0.4, -0.2) is 16.1 Å². The first-order valence-corrected chi connectivity index (χ1v) is 6.73. The molecule has 0 atom stereocenters. The molecule has 1 aliphatic carbocycles. The van der Waals surface area contributed by atoms with Crippen LogP contribution in [-0.2, 0) is 4.79 Å². The molecule has 1 heterocycles. The van der Waals surface area contributed by atoms with Gasteiger partial charge in [-0.2, -0.15) is 0 Å². The standard InChI is InChI=1S/C15H17NO3/c1-9-16-13-7-6-12(8-14(13)19-9)10-2-4-11(5-3-10)15(17)18/h6-8,10-11H,2-5H2,1H3,(H,17,18). The van der Waals surface area contributed by atoms with E-state index in [2.05, 4.69) is 17.1 Å². The number of oxazole rings is 1. The van der Waals surface area contributed by atoms with E-state index >= 15 is 0 Å². The summed E-state index contributed by atoms with van der Waals surface area (Å²) >= 11 is 0. The van der Waals surface area contributed by atoms with Crippen molar-refractivity contribution in [1.82, 2.24) is 4.98 Å². The van der Waals surface area contributed by atoms with Gasteiger partial charge in [0.25, 0.3) is 0 Å². The number of fused-ring (bicyclic) bond motifs is 1. The van der Waals surface area contributed by atoms with Gasteiger partial charge in [-0.15, -0.1) is 0 Å². The van der Waals surface area contributed by atoms with E-state index in [1.807, 2.05) is 13.0 Å². The van der Waals surface area contributed by atoms with Gasteiger partial charge in [-0.1, -0.05) is 6.07 Å². The van der Waals surface area contributed by atoms with Gasteiger partial charge < -0.3 is 9.52 Å². The molecule has 100 valence electrons. The highest BCUT2D eigenvalue weighted by Gasteiger charge is 2.26. The van der Waals surface area contributed by atoms with E-state index in [0.29, 0.717) is 11.8 Å². The van der Waals surface area contributed by atoms with Crippen molar-refractivity contribution >= 4 is 17.1 Å². The number of carbonyl (C=O) groups is 1. The van der Waals surface area contributed by atoms with Crippen molar-refractivity contribution in [2.24, 2.45) is 5.92 Å². The molecule has 4 nitrogen and oxygen atoms in total. The Morgan fingerprint density at radius 3 is 2.74 bits per heavy atom. The van der Waals surface area contributed by atoms with Gasteiger partial charge in [0.15, 0.2) is 11.5 Å². The van der Waals surface area contributed by atoms with Gasteiger partial charge in [-0.25, -0.2) is 4.98 Å². The van der Waals surface area contributed by atoms with Crippen LogP contribution in [0.3, 0.4) is 0 Å². The molecule has 1 aromatic heterocycles. The van der Waals surface area contributed by atoms with Crippen LogP contribution in [0.1, 0.15) is 43.1 Å². The number of hydrogen-bond donors (Lipinski definition) is 1. The highest BCUT2D eigenvalue weighted by molar-refractivity contribution is 5.73. The molecular weight excluding hydrogens is 242 g/mol. The summed E-state index contributed by atoms with van der Waals surface area (Å²) in [5.41, 5.74) is 2.96. The molecular formula is C15H17NO3. The number of aromatic nitrogens is 1. The van der Waals surface area contributed by atoms with Crippen molar-refractivity contribution in [3.8, 4) is 0 Å². The topological polar surface area (TPSA) is 63.3 Å². The smallest absolute Gasteiger partial charge is 0.306 e. The van der Waals surface area contributed by atoms with E-state index in [0.717, 1.165) is 36.8 Å². The van der Waals surface area contributed by atoms with E-state index < -0.39 is 5.97 Å². The van der Waals surface area contributed by atoms with Crippen LogP contribution < -0.4 is 0 Å². The zero-order chi connectivity index (χ0) is 13.4. The molecule has 1 aliphatic rings. The van der Waals surface area contributed by atoms with Crippen molar-refractivity contribution in [1.29, 1.82) is 0 Å². The van der Waals surface area contributed by atoms with E-state index in [1.54, 1.807) is 0 Å². The molecule has 1 aromatic carbocycles. The molecule has 0 unspecified atom stereocenters. The van der Waals surface area contributed by atoms with Crippen LogP contribution in [0.15, 0.2) is 22.6 Å². The minimum absolute atomic E-state index is 0.160. The molecule has 0 spiro atoms. The number of carboxylic acid groups (broad SMARTS) is 1. The second-order valence-corrected chi connectivity index (χ2v) is 5.35. The van der Waals surface area contributed by atoms with Gasteiger partial charge in [-0.3, -0.25) is 4.79 Å². The summed E-state index contributed by atoms with van der Waals surface area (Å²) in [5.74, 6) is 0.319. The molecule has 0 saturated heterocycles. The first-order valence-electron chi connectivity index (χ1n) is 6.73. The second kappa shape index (κ2) is 4.68. The summed E-state index contributed by atoms with van der Waals surface area (Å²) < 4.78 is 5.55. The fraction of sp³-hybridized carbons (Fsp3) is 0.467. The second-order valence-electron chi connectivity index (χ2n) is 5.35. The summed E-state index contributed by atoms with van der Waals surface area (Å²) in [7, 11) is 0. The Bertz CT molecular complexity index is 609. The van der Waals surface area contributed by atoms with Crippen LogP contribution >= 0.6 is 0 Å². The molecule has 0 amide bonds. The van der Waals surface area contributed by atoms with Crippen LogP contribution in [0.25, 0.3) is 11.1 Å². The third-order valence-electron chi connectivity index (χ3n) is 4.07. The number of carboxylic acids is 1. The molecule has 1 fully saturated rings. The third-order valence-corrected chi connectivity index (χ3v) is 4.07. The number of aryl methyl sites for hydroxylation is 1. The largest absolute Gasteiger partial charge is 0.481 e. The Labute approximate surface area is 111 Å². The number of nitrogens with zero attached hydrogens (tertiary/aromatic N) is 1. The average Bonchev–Trinajstić information content (AvgIpc) is 2.77. The van der Waals surface area contributed by atoms with Gasteiger partial charge in [0, 0.05) is 6.92 Å². The molecule has 1 N–H and O–H groups in total. The first-order chi connectivity index (χ1) is 9.13. The maximum Gasteiger partial charge on any atom is 0.306 e. The maximum atomic E-state index is 11.0. The predicted molar refractivity (Wildman–Crippen MR) is 71.1 cm³/mol. The van der Waals surface area contributed by atoms with Gasteiger partial charge in [0.05, 0.1) is 5.92 Å². The first kappa shape index (κ1) is 12.2. The number of aliphatic carboxylic acids is 1. The molecule has 0 radical (unpaired) electrons. The van der Waals surface area contributed by atoms with E-state index in [1.165, 1.54) is 5.56 Å². The minimum Gasteiger partial charge on any atom is -0.481 e. The summed E-state index contributed by atoms with van der Waals surface area (Å²) in [6, 6.07) is 6.14. The lowest BCUT2D eigenvalue weighted by atomic mass is 9.79. The normalized spacial score (nSPS) is 23.6. The average molecular weight is 259 g/mol. The summed E-state index contributed by atoms with van der Waals surface area (Å²) in [5, 5.41) is 9.02. The van der Waals surface area contributed by atoms with Gasteiger partial charge >= 0.3 is 5.97 Å². The van der Waals surface area contributed by atoms with Crippen molar-refractivity contribution in [3.63, 3.8) is 0 Å². The molecule has 1 saturated carbocycles. The Morgan fingerprint density at radius 2 is 2.05 bits per heavy atom. The van der Waals surface area contributed by atoms with Crippen molar-refractivity contribution < 1.29 is 14.3 Å². The van der Waals surface area contributed by atoms with Crippen LogP contribution in [0.4, 0.5) is 0 Å². The Kier molecular flexibility index (Phi) is 3.01. The lowest BCUT2D eigenvalue weighted by molar-refractivity contribution is -0.142. The third kappa shape index (κ3) is 2.35. The Hall–Kier alpha value is -1.84. The highest BCUT2D eigenvalue weighted by atomic mass is 16.4. The van der Waals surface area contributed by atoms with E-state index in [-0.39, 0.29) is 5.92 Å². The zero-order valence-electron chi connectivity index (χ0n) is 10.9. The van der Waals surface area contributed by atoms with Gasteiger partial charge in [-0.05, 0) is 49.3 Å². The van der Waals surface area contributed by atoms with Crippen LogP contribution in [0.2, 0.25) is 0 Å². The SMILES string of the molecule is Cc1nc2ccc(C3CCC(C(=O)O)CC3)cc2o1. The zero-order valence-corrected chi connectivity index (χ0v) is 10.9. The minimum atomic E-state index is -0.653. The molecule has 0 bridgehead atoms. The van der Waals surface area contributed by atoms with Gasteiger partial charge in [0.2, 0.25) is 0 Å². The highest BCUT2D eigenvalue weighted by Crippen LogP contribution is 2.36. The lowest BCUT2D eigenvalue weighted by Gasteiger charge is -2.26. The monoisotopic (exact) mass is 259 g/mol. The van der Waals surface area contributed by atoms with E-state index in [9.17, 15) is 4.79 Å². The quantitative estimate of drug-likeness (QED) is 0.896. The summed E-state index contributed by atoms with van der Waals surface area (Å²) in [6.07, 6.45) is 3.42. The molecule has 2 aromatic rings. The van der Waals surface area contributed by atoms with Gasteiger partial charge in [0.1, 0.15) is 5.52 Å². The van der Waals surface area contributed by atoms with Crippen LogP contribution in [0.5, 0.6) is 0 Å².